The molecular weight excluding hydrogens is 635 g/mol. The zero-order valence-corrected chi connectivity index (χ0v) is 32.4. The molecular formula is C40H67ClSn. The van der Waals surface area contributed by atoms with Gasteiger partial charge in [0.2, 0.25) is 0 Å². The van der Waals surface area contributed by atoms with E-state index in [9.17, 15) is 0 Å². The molecule has 0 aromatic heterocycles. The van der Waals surface area contributed by atoms with Crippen molar-refractivity contribution in [1.82, 2.24) is 0 Å². The van der Waals surface area contributed by atoms with Gasteiger partial charge in [-0.25, -0.2) is 0 Å². The molecule has 2 aromatic carbocycles. The van der Waals surface area contributed by atoms with Crippen LogP contribution in [0, 0.1) is 0 Å². The number of hydrogen-bond donors (Lipinski definition) is 0. The van der Waals surface area contributed by atoms with Gasteiger partial charge in [0.1, 0.15) is 0 Å². The molecule has 0 bridgehead atoms. The number of aryl methyl sites for hydroxylation is 1. The van der Waals surface area contributed by atoms with Crippen molar-refractivity contribution in [3.63, 3.8) is 0 Å². The zero-order valence-electron chi connectivity index (χ0n) is 28.3. The van der Waals surface area contributed by atoms with Gasteiger partial charge in [0.25, 0.3) is 0 Å². The van der Waals surface area contributed by atoms with Crippen molar-refractivity contribution in [3.8, 4) is 0 Å². The molecule has 1 atom stereocenters. The average Bonchev–Trinajstić information content (AvgIpc) is 2.99. The van der Waals surface area contributed by atoms with Gasteiger partial charge in [-0.05, 0) is 0 Å². The van der Waals surface area contributed by atoms with E-state index in [4.69, 9.17) is 8.92 Å². The molecule has 0 aliphatic carbocycles. The minimum absolute atomic E-state index is 0.140. The van der Waals surface area contributed by atoms with Crippen LogP contribution in [0.2, 0.25) is 0 Å². The zero-order chi connectivity index (χ0) is 30.3. The van der Waals surface area contributed by atoms with E-state index in [-0.39, 0.29) is 3.43 Å². The predicted molar refractivity (Wildman–Crippen MR) is 194 cm³/mol. The second kappa shape index (κ2) is 23.9. The fourth-order valence-corrected chi connectivity index (χ4v) is 13.7. The van der Waals surface area contributed by atoms with E-state index < -0.39 is 18.6 Å². The van der Waals surface area contributed by atoms with Crippen LogP contribution in [0.25, 0.3) is 0 Å². The summed E-state index contributed by atoms with van der Waals surface area (Å²) in [6.07, 6.45) is 30.6. The van der Waals surface area contributed by atoms with E-state index in [2.05, 4.69) is 76.2 Å². The first-order valence-electron chi connectivity index (χ1n) is 18.3. The van der Waals surface area contributed by atoms with Gasteiger partial charge in [0.05, 0.1) is 0 Å². The maximum atomic E-state index is 7.45. The summed E-state index contributed by atoms with van der Waals surface area (Å²) in [6.45, 7) is 9.57. The van der Waals surface area contributed by atoms with Crippen molar-refractivity contribution in [3.05, 3.63) is 70.8 Å². The summed E-state index contributed by atoms with van der Waals surface area (Å²) >= 11 is -2.41. The van der Waals surface area contributed by atoms with Crippen molar-refractivity contribution in [2.45, 2.75) is 177 Å². The van der Waals surface area contributed by atoms with Crippen molar-refractivity contribution in [1.29, 1.82) is 0 Å². The van der Waals surface area contributed by atoms with Gasteiger partial charge in [0, 0.05) is 0 Å². The van der Waals surface area contributed by atoms with E-state index in [1.807, 2.05) is 0 Å². The van der Waals surface area contributed by atoms with Gasteiger partial charge in [0.15, 0.2) is 0 Å². The Labute approximate surface area is 273 Å². The third-order valence-corrected chi connectivity index (χ3v) is 22.0. The molecule has 238 valence electrons. The summed E-state index contributed by atoms with van der Waals surface area (Å²) in [5.41, 5.74) is 6.33. The third-order valence-electron chi connectivity index (χ3n) is 9.59. The molecule has 2 heteroatoms. The molecule has 2 aromatic rings. The minimum atomic E-state index is -2.41. The predicted octanol–water partition coefficient (Wildman–Crippen LogP) is 13.2. The Morgan fingerprint density at radius 2 is 0.976 bits per heavy atom. The SMILES string of the molecule is CCCCCCCCCCCCc1cccc([C](C)(C)[SnH]([Cl])[CH2]c2ccccc2)c1CCCCCCCCCCCC. The monoisotopic (exact) mass is 702 g/mol. The van der Waals surface area contributed by atoms with Crippen LogP contribution in [0.1, 0.15) is 178 Å². The molecule has 0 fully saturated rings. The van der Waals surface area contributed by atoms with Gasteiger partial charge in [-0.1, -0.05) is 46.0 Å². The minimum Gasteiger partial charge on any atom is -0.0654 e. The fourth-order valence-electron chi connectivity index (χ4n) is 6.60. The molecule has 0 nitrogen and oxygen atoms in total. The standard InChI is InChI=1S/C33H59.C7H7.ClH.Sn.H/c1-5-7-9-11-13-15-17-19-21-23-26-31-27-25-29-32(30(3)4)33(31)28-24-22-20-18-16-14-12-10-8-6-2;1-7-5-3-2-4-6-7;;;/h25,27,29H,5-24,26,28H2,1-4H3;2-6H,1H2;1H;;/q;;;+1;/p-1. The molecule has 0 saturated heterocycles. The van der Waals surface area contributed by atoms with E-state index in [1.54, 1.807) is 16.7 Å². The van der Waals surface area contributed by atoms with Gasteiger partial charge < -0.3 is 0 Å². The Kier molecular flexibility index (Phi) is 21.4. The van der Waals surface area contributed by atoms with Crippen LogP contribution in [-0.4, -0.2) is 18.6 Å². The maximum absolute atomic E-state index is 7.45. The first-order valence-corrected chi connectivity index (χ1v) is 26.4. The first kappa shape index (κ1) is 37.7. The summed E-state index contributed by atoms with van der Waals surface area (Å²) in [4.78, 5) is 0. The van der Waals surface area contributed by atoms with Crippen molar-refractivity contribution < 1.29 is 0 Å². The van der Waals surface area contributed by atoms with Crippen LogP contribution >= 0.6 is 8.92 Å². The van der Waals surface area contributed by atoms with Gasteiger partial charge in [-0.15, -0.1) is 0 Å². The van der Waals surface area contributed by atoms with Crippen molar-refractivity contribution in [2.75, 3.05) is 0 Å². The first-order chi connectivity index (χ1) is 20.5. The van der Waals surface area contributed by atoms with Gasteiger partial charge >= 0.3 is 229 Å². The normalized spacial score (nSPS) is 12.6. The van der Waals surface area contributed by atoms with Crippen molar-refractivity contribution in [2.24, 2.45) is 0 Å². The Bertz CT molecular complexity index is 905. The third kappa shape index (κ3) is 15.5. The van der Waals surface area contributed by atoms with Crippen LogP contribution < -0.4 is 0 Å². The van der Waals surface area contributed by atoms with Gasteiger partial charge in [-0.2, -0.15) is 0 Å². The summed E-state index contributed by atoms with van der Waals surface area (Å²) in [6, 6.07) is 18.3. The van der Waals surface area contributed by atoms with Crippen LogP contribution in [0.3, 0.4) is 0 Å². The molecule has 0 saturated carbocycles. The average molecular weight is 702 g/mol. The number of rotatable bonds is 26. The molecule has 42 heavy (non-hydrogen) atoms. The number of unbranched alkanes of at least 4 members (excludes halogenated alkanes) is 18. The molecule has 0 heterocycles. The molecule has 1 unspecified atom stereocenters. The van der Waals surface area contributed by atoms with Crippen LogP contribution in [0.4, 0.5) is 0 Å². The molecule has 2 rings (SSSR count). The molecule has 0 radical (unpaired) electrons. The molecule has 0 spiro atoms. The second-order valence-corrected chi connectivity index (χ2v) is 25.2. The molecule has 0 N–H and O–H groups in total. The topological polar surface area (TPSA) is 0 Å². The van der Waals surface area contributed by atoms with E-state index in [0.29, 0.717) is 0 Å². The Morgan fingerprint density at radius 1 is 0.524 bits per heavy atom. The Morgan fingerprint density at radius 3 is 1.48 bits per heavy atom. The Balaban J connectivity index is 1.95. The quantitative estimate of drug-likeness (QED) is 0.0676. The Hall–Kier alpha value is -0.471. The summed E-state index contributed by atoms with van der Waals surface area (Å²) in [5, 5.41) is 0. The molecule has 0 aliphatic rings. The van der Waals surface area contributed by atoms with E-state index >= 15 is 0 Å². The number of hydrogen-bond acceptors (Lipinski definition) is 0. The number of benzene rings is 2. The van der Waals surface area contributed by atoms with E-state index in [1.165, 1.54) is 147 Å². The van der Waals surface area contributed by atoms with Crippen molar-refractivity contribution >= 4 is 27.6 Å². The number of halogens is 1. The second-order valence-electron chi connectivity index (χ2n) is 13.7. The summed E-state index contributed by atoms with van der Waals surface area (Å²) < 4.78 is 1.26. The molecule has 0 amide bonds. The van der Waals surface area contributed by atoms with Gasteiger partial charge in [-0.3, -0.25) is 0 Å². The van der Waals surface area contributed by atoms with Crippen LogP contribution in [-0.2, 0) is 20.7 Å². The summed E-state index contributed by atoms with van der Waals surface area (Å²) in [5.74, 6) is 0. The molecule has 0 aliphatic heterocycles. The van der Waals surface area contributed by atoms with E-state index in [0.717, 1.165) is 4.44 Å². The smallest absolute Gasteiger partial charge is 0.0654 e. The van der Waals surface area contributed by atoms with Crippen LogP contribution in [0.15, 0.2) is 48.5 Å². The summed E-state index contributed by atoms with van der Waals surface area (Å²) in [7, 11) is 7.45. The fraction of sp³-hybridized carbons (Fsp3) is 0.700. The van der Waals surface area contributed by atoms with Crippen LogP contribution in [0.5, 0.6) is 0 Å².